The van der Waals surface area contributed by atoms with E-state index in [1.807, 2.05) is 62.3 Å². The predicted molar refractivity (Wildman–Crippen MR) is 97.1 cm³/mol. The highest BCUT2D eigenvalue weighted by Crippen LogP contribution is 2.36. The molecule has 0 unspecified atom stereocenters. The van der Waals surface area contributed by atoms with Crippen molar-refractivity contribution in [2.75, 3.05) is 14.1 Å². The van der Waals surface area contributed by atoms with Crippen molar-refractivity contribution in [2.45, 2.75) is 20.4 Å². The van der Waals surface area contributed by atoms with E-state index in [2.05, 4.69) is 4.57 Å². The summed E-state index contributed by atoms with van der Waals surface area (Å²) in [5, 5.41) is 11.2. The summed E-state index contributed by atoms with van der Waals surface area (Å²) in [5.74, 6) is 0.238. The first-order valence-corrected chi connectivity index (χ1v) is 7.98. The molecule has 3 aromatic rings. The highest BCUT2D eigenvalue weighted by Gasteiger charge is 2.22. The number of aromatic hydroxyl groups is 1. The number of carbonyl (C=O) groups excluding carboxylic acids is 1. The molecular formula is C20H22N2O2. The molecule has 0 amide bonds. The van der Waals surface area contributed by atoms with Crippen LogP contribution >= 0.6 is 0 Å². The molecule has 0 atom stereocenters. The molecule has 0 aliphatic carbocycles. The van der Waals surface area contributed by atoms with Crippen LogP contribution in [0.3, 0.4) is 0 Å². The van der Waals surface area contributed by atoms with Gasteiger partial charge in [0, 0.05) is 34.4 Å². The molecule has 3 rings (SSSR count). The SMILES string of the molecule is CC(=O)c1c(C)n(-c2ccccc2)c2ccc(O)c(CN(C)C)c12. The first kappa shape index (κ1) is 16.3. The summed E-state index contributed by atoms with van der Waals surface area (Å²) in [4.78, 5) is 14.4. The van der Waals surface area contributed by atoms with Gasteiger partial charge in [-0.3, -0.25) is 4.79 Å². The predicted octanol–water partition coefficient (Wildman–Crippen LogP) is 3.91. The number of hydrogen-bond donors (Lipinski definition) is 1. The van der Waals surface area contributed by atoms with Crippen LogP contribution in [0.25, 0.3) is 16.6 Å². The molecule has 0 bridgehead atoms. The number of carbonyl (C=O) groups is 1. The molecule has 24 heavy (non-hydrogen) atoms. The molecule has 2 aromatic carbocycles. The van der Waals surface area contributed by atoms with E-state index in [9.17, 15) is 9.90 Å². The Kier molecular flexibility index (Phi) is 4.16. The topological polar surface area (TPSA) is 45.5 Å². The Morgan fingerprint density at radius 2 is 1.79 bits per heavy atom. The Morgan fingerprint density at radius 1 is 1.12 bits per heavy atom. The lowest BCUT2D eigenvalue weighted by Crippen LogP contribution is -2.11. The number of para-hydroxylation sites is 1. The van der Waals surface area contributed by atoms with Gasteiger partial charge in [0.1, 0.15) is 5.75 Å². The van der Waals surface area contributed by atoms with Crippen LogP contribution in [-0.4, -0.2) is 34.5 Å². The van der Waals surface area contributed by atoms with Crippen molar-refractivity contribution in [3.05, 3.63) is 59.3 Å². The Labute approximate surface area is 141 Å². The summed E-state index contributed by atoms with van der Waals surface area (Å²) in [7, 11) is 3.90. The van der Waals surface area contributed by atoms with E-state index in [0.717, 1.165) is 27.8 Å². The highest BCUT2D eigenvalue weighted by atomic mass is 16.3. The largest absolute Gasteiger partial charge is 0.508 e. The first-order valence-electron chi connectivity index (χ1n) is 7.98. The molecule has 0 fully saturated rings. The van der Waals surface area contributed by atoms with Gasteiger partial charge in [0.15, 0.2) is 5.78 Å². The molecular weight excluding hydrogens is 300 g/mol. The first-order chi connectivity index (χ1) is 11.4. The molecule has 0 spiro atoms. The minimum Gasteiger partial charge on any atom is -0.508 e. The molecule has 0 aliphatic rings. The van der Waals surface area contributed by atoms with Gasteiger partial charge in [-0.05, 0) is 52.2 Å². The van der Waals surface area contributed by atoms with Crippen LogP contribution < -0.4 is 0 Å². The molecule has 0 radical (unpaired) electrons. The van der Waals surface area contributed by atoms with E-state index in [4.69, 9.17) is 0 Å². The third-order valence-corrected chi connectivity index (χ3v) is 4.30. The van der Waals surface area contributed by atoms with Crippen molar-refractivity contribution >= 4 is 16.7 Å². The summed E-state index contributed by atoms with van der Waals surface area (Å²) in [6.07, 6.45) is 0. The lowest BCUT2D eigenvalue weighted by Gasteiger charge is -2.14. The number of Topliss-reactive ketones (excluding diaryl/α,β-unsaturated/α-hetero) is 1. The minimum absolute atomic E-state index is 0.0118. The van der Waals surface area contributed by atoms with Crippen molar-refractivity contribution in [1.82, 2.24) is 9.47 Å². The summed E-state index contributed by atoms with van der Waals surface area (Å²) in [6.45, 7) is 4.11. The van der Waals surface area contributed by atoms with Gasteiger partial charge in [0.05, 0.1) is 5.52 Å². The second-order valence-electron chi connectivity index (χ2n) is 6.38. The van der Waals surface area contributed by atoms with Crippen molar-refractivity contribution in [3.8, 4) is 11.4 Å². The van der Waals surface area contributed by atoms with E-state index in [-0.39, 0.29) is 11.5 Å². The van der Waals surface area contributed by atoms with Gasteiger partial charge in [0.2, 0.25) is 0 Å². The van der Waals surface area contributed by atoms with Crippen molar-refractivity contribution in [1.29, 1.82) is 0 Å². The van der Waals surface area contributed by atoms with Gasteiger partial charge in [-0.2, -0.15) is 0 Å². The molecule has 1 N–H and O–H groups in total. The summed E-state index contributed by atoms with van der Waals surface area (Å²) < 4.78 is 2.09. The number of aromatic nitrogens is 1. The Bertz CT molecular complexity index is 909. The summed E-state index contributed by atoms with van der Waals surface area (Å²) >= 11 is 0. The quantitative estimate of drug-likeness (QED) is 0.741. The third-order valence-electron chi connectivity index (χ3n) is 4.30. The minimum atomic E-state index is 0.0118. The normalized spacial score (nSPS) is 11.4. The molecule has 4 nitrogen and oxygen atoms in total. The average Bonchev–Trinajstić information content (AvgIpc) is 2.83. The van der Waals surface area contributed by atoms with Gasteiger partial charge in [0.25, 0.3) is 0 Å². The molecule has 0 saturated heterocycles. The fraction of sp³-hybridized carbons (Fsp3) is 0.250. The molecule has 4 heteroatoms. The third kappa shape index (κ3) is 2.59. The van der Waals surface area contributed by atoms with Gasteiger partial charge >= 0.3 is 0 Å². The second-order valence-corrected chi connectivity index (χ2v) is 6.38. The van der Waals surface area contributed by atoms with E-state index >= 15 is 0 Å². The van der Waals surface area contributed by atoms with E-state index in [0.29, 0.717) is 12.1 Å². The number of nitrogens with zero attached hydrogens (tertiary/aromatic N) is 2. The fourth-order valence-corrected chi connectivity index (χ4v) is 3.38. The molecule has 0 saturated carbocycles. The van der Waals surface area contributed by atoms with Crippen LogP contribution in [0.5, 0.6) is 5.75 Å². The Hall–Kier alpha value is -2.59. The Balaban J connectivity index is 2.44. The molecule has 0 aliphatic heterocycles. The van der Waals surface area contributed by atoms with Gasteiger partial charge in [-0.1, -0.05) is 18.2 Å². The van der Waals surface area contributed by atoms with E-state index in [1.165, 1.54) is 0 Å². The zero-order valence-corrected chi connectivity index (χ0v) is 14.5. The molecule has 1 aromatic heterocycles. The maximum absolute atomic E-state index is 12.4. The van der Waals surface area contributed by atoms with Crippen LogP contribution in [-0.2, 0) is 6.54 Å². The van der Waals surface area contributed by atoms with Crippen LogP contribution in [0.1, 0.15) is 28.5 Å². The second kappa shape index (κ2) is 6.13. The van der Waals surface area contributed by atoms with Crippen molar-refractivity contribution < 1.29 is 9.90 Å². The molecule has 1 heterocycles. The Morgan fingerprint density at radius 3 is 2.38 bits per heavy atom. The highest BCUT2D eigenvalue weighted by molar-refractivity contribution is 6.10. The van der Waals surface area contributed by atoms with E-state index < -0.39 is 0 Å². The lowest BCUT2D eigenvalue weighted by molar-refractivity contribution is 0.101. The van der Waals surface area contributed by atoms with Crippen LogP contribution in [0.2, 0.25) is 0 Å². The summed E-state index contributed by atoms with van der Waals surface area (Å²) in [5.41, 5.74) is 4.32. The number of rotatable bonds is 4. The van der Waals surface area contributed by atoms with Gasteiger partial charge < -0.3 is 14.6 Å². The van der Waals surface area contributed by atoms with E-state index in [1.54, 1.807) is 13.0 Å². The number of phenols is 1. The van der Waals surface area contributed by atoms with Gasteiger partial charge in [-0.25, -0.2) is 0 Å². The fourth-order valence-electron chi connectivity index (χ4n) is 3.38. The summed E-state index contributed by atoms with van der Waals surface area (Å²) in [6, 6.07) is 13.6. The average molecular weight is 322 g/mol. The smallest absolute Gasteiger partial charge is 0.162 e. The number of benzene rings is 2. The molecule has 124 valence electrons. The lowest BCUT2D eigenvalue weighted by atomic mass is 10.0. The maximum atomic E-state index is 12.4. The maximum Gasteiger partial charge on any atom is 0.162 e. The van der Waals surface area contributed by atoms with Gasteiger partial charge in [-0.15, -0.1) is 0 Å². The van der Waals surface area contributed by atoms with Crippen LogP contribution in [0.15, 0.2) is 42.5 Å². The van der Waals surface area contributed by atoms with Crippen LogP contribution in [0, 0.1) is 6.92 Å². The zero-order chi connectivity index (χ0) is 17.4. The number of ketones is 1. The number of phenolic OH excluding ortho intramolecular Hbond substituents is 1. The monoisotopic (exact) mass is 322 g/mol. The standard InChI is InChI=1S/C20H22N2O2/c1-13-19(14(2)23)20-16(12-21(3)4)18(24)11-10-17(20)22(13)15-8-6-5-7-9-15/h5-11,24H,12H2,1-4H3. The van der Waals surface area contributed by atoms with Crippen LogP contribution in [0.4, 0.5) is 0 Å². The van der Waals surface area contributed by atoms with Crippen molar-refractivity contribution in [3.63, 3.8) is 0 Å². The number of hydrogen-bond acceptors (Lipinski definition) is 3. The zero-order valence-electron chi connectivity index (χ0n) is 14.5. The van der Waals surface area contributed by atoms with Crippen molar-refractivity contribution in [2.24, 2.45) is 0 Å². The number of fused-ring (bicyclic) bond motifs is 1.